The van der Waals surface area contributed by atoms with Crippen LogP contribution >= 0.6 is 0 Å². The van der Waals surface area contributed by atoms with E-state index < -0.39 is 0 Å². The lowest BCUT2D eigenvalue weighted by atomic mass is 10.0. The highest BCUT2D eigenvalue weighted by atomic mass is 16.3. The molecule has 0 atom stereocenters. The van der Waals surface area contributed by atoms with Gasteiger partial charge in [-0.05, 0) is 22.3 Å². The van der Waals surface area contributed by atoms with Crippen molar-refractivity contribution in [1.82, 2.24) is 4.90 Å². The maximum Gasteiger partial charge on any atom is 0.0617 e. The molecule has 0 radical (unpaired) electrons. The van der Waals surface area contributed by atoms with Gasteiger partial charge in [0.2, 0.25) is 0 Å². The Morgan fingerprint density at radius 2 is 1.55 bits per heavy atom. The summed E-state index contributed by atoms with van der Waals surface area (Å²) in [5, 5.41) is 9.34. The van der Waals surface area contributed by atoms with Crippen LogP contribution in [0.5, 0.6) is 0 Å². The van der Waals surface area contributed by atoms with E-state index in [1.54, 1.807) is 0 Å². The first-order valence-corrected chi connectivity index (χ1v) is 7.01. The van der Waals surface area contributed by atoms with E-state index in [1.165, 1.54) is 22.3 Å². The van der Waals surface area contributed by atoms with Crippen molar-refractivity contribution in [2.75, 3.05) is 19.7 Å². The van der Waals surface area contributed by atoms with Gasteiger partial charge in [-0.3, -0.25) is 4.90 Å². The Balaban J connectivity index is 2.12. The van der Waals surface area contributed by atoms with E-state index in [4.69, 9.17) is 0 Å². The molecule has 2 heteroatoms. The topological polar surface area (TPSA) is 23.5 Å². The Morgan fingerprint density at radius 1 is 1.00 bits per heavy atom. The number of nitrogens with zero attached hydrogens (tertiary/aromatic N) is 1. The molecule has 1 N–H and O–H groups in total. The molecule has 0 aliphatic heterocycles. The molecule has 0 bridgehead atoms. The van der Waals surface area contributed by atoms with Crippen LogP contribution in [-0.4, -0.2) is 29.7 Å². The van der Waals surface area contributed by atoms with E-state index in [0.717, 1.165) is 6.54 Å². The van der Waals surface area contributed by atoms with Gasteiger partial charge in [0.05, 0.1) is 12.6 Å². The van der Waals surface area contributed by atoms with Crippen LogP contribution in [0.1, 0.15) is 17.2 Å². The first-order valence-electron chi connectivity index (χ1n) is 7.01. The van der Waals surface area contributed by atoms with Crippen LogP contribution in [0.3, 0.4) is 0 Å². The van der Waals surface area contributed by atoms with E-state index in [0.29, 0.717) is 6.54 Å². The van der Waals surface area contributed by atoms with Crippen molar-refractivity contribution in [2.45, 2.75) is 6.04 Å². The Labute approximate surface area is 120 Å². The summed E-state index contributed by atoms with van der Waals surface area (Å²) in [5.41, 5.74) is 5.26. The largest absolute Gasteiger partial charge is 0.395 e. The zero-order valence-electron chi connectivity index (χ0n) is 11.5. The highest BCUT2D eigenvalue weighted by Crippen LogP contribution is 2.45. The second-order valence-electron chi connectivity index (χ2n) is 5.08. The molecule has 0 heterocycles. The predicted molar refractivity (Wildman–Crippen MR) is 82.6 cm³/mol. The third kappa shape index (κ3) is 2.07. The van der Waals surface area contributed by atoms with Gasteiger partial charge in [0.25, 0.3) is 0 Å². The van der Waals surface area contributed by atoms with Gasteiger partial charge in [-0.25, -0.2) is 0 Å². The molecular formula is C18H19NO. The molecule has 0 unspecified atom stereocenters. The van der Waals surface area contributed by atoms with Crippen LogP contribution in [0, 0.1) is 0 Å². The molecule has 102 valence electrons. The Bertz CT molecular complexity index is 575. The number of hydrogen-bond donors (Lipinski definition) is 1. The lowest BCUT2D eigenvalue weighted by Gasteiger charge is -2.28. The van der Waals surface area contributed by atoms with Crippen molar-refractivity contribution in [3.05, 3.63) is 72.3 Å². The molecule has 3 rings (SSSR count). The first kappa shape index (κ1) is 13.1. The third-order valence-corrected chi connectivity index (χ3v) is 3.92. The molecule has 1 aliphatic carbocycles. The van der Waals surface area contributed by atoms with Gasteiger partial charge in [-0.15, -0.1) is 6.58 Å². The predicted octanol–water partition coefficient (Wildman–Crippen LogP) is 3.24. The normalized spacial score (nSPS) is 13.3. The maximum atomic E-state index is 9.34. The minimum atomic E-state index is 0.161. The Morgan fingerprint density at radius 3 is 2.05 bits per heavy atom. The van der Waals surface area contributed by atoms with Crippen molar-refractivity contribution < 1.29 is 5.11 Å². The first-order chi connectivity index (χ1) is 9.86. The van der Waals surface area contributed by atoms with Crippen molar-refractivity contribution in [3.8, 4) is 11.1 Å². The highest BCUT2D eigenvalue weighted by Gasteiger charge is 2.31. The van der Waals surface area contributed by atoms with Gasteiger partial charge in [0, 0.05) is 13.1 Å². The Kier molecular flexibility index (Phi) is 3.68. The summed E-state index contributed by atoms with van der Waals surface area (Å²) in [4.78, 5) is 2.28. The number of hydrogen-bond acceptors (Lipinski definition) is 2. The molecule has 2 nitrogen and oxygen atoms in total. The van der Waals surface area contributed by atoms with Crippen molar-refractivity contribution in [2.24, 2.45) is 0 Å². The summed E-state index contributed by atoms with van der Waals surface area (Å²) in [6, 6.07) is 17.3. The van der Waals surface area contributed by atoms with Gasteiger partial charge in [-0.1, -0.05) is 54.6 Å². The molecule has 20 heavy (non-hydrogen) atoms. The second-order valence-corrected chi connectivity index (χ2v) is 5.08. The minimum absolute atomic E-state index is 0.161. The van der Waals surface area contributed by atoms with E-state index >= 15 is 0 Å². The smallest absolute Gasteiger partial charge is 0.0617 e. The summed E-state index contributed by atoms with van der Waals surface area (Å²) < 4.78 is 0. The monoisotopic (exact) mass is 265 g/mol. The molecule has 0 fully saturated rings. The van der Waals surface area contributed by atoms with E-state index in [9.17, 15) is 5.11 Å². The second kappa shape index (κ2) is 5.61. The van der Waals surface area contributed by atoms with E-state index in [1.807, 2.05) is 6.08 Å². The van der Waals surface area contributed by atoms with Gasteiger partial charge < -0.3 is 5.11 Å². The number of rotatable bonds is 5. The van der Waals surface area contributed by atoms with Crippen LogP contribution in [0.25, 0.3) is 11.1 Å². The van der Waals surface area contributed by atoms with Crippen molar-refractivity contribution in [3.63, 3.8) is 0 Å². The lowest BCUT2D eigenvalue weighted by molar-refractivity contribution is 0.183. The maximum absolute atomic E-state index is 9.34. The van der Waals surface area contributed by atoms with Gasteiger partial charge in [0.1, 0.15) is 0 Å². The summed E-state index contributed by atoms with van der Waals surface area (Å²) in [6.45, 7) is 5.43. The molecule has 0 aromatic heterocycles. The molecule has 2 aromatic rings. The van der Waals surface area contributed by atoms with Crippen LogP contribution in [0.2, 0.25) is 0 Å². The zero-order chi connectivity index (χ0) is 13.9. The fourth-order valence-corrected chi connectivity index (χ4v) is 3.14. The fourth-order valence-electron chi connectivity index (χ4n) is 3.14. The molecule has 0 saturated carbocycles. The number of fused-ring (bicyclic) bond motifs is 3. The van der Waals surface area contributed by atoms with Crippen molar-refractivity contribution >= 4 is 0 Å². The van der Waals surface area contributed by atoms with E-state index in [-0.39, 0.29) is 12.6 Å². The minimum Gasteiger partial charge on any atom is -0.395 e. The van der Waals surface area contributed by atoms with Gasteiger partial charge >= 0.3 is 0 Å². The average molecular weight is 265 g/mol. The van der Waals surface area contributed by atoms with Crippen LogP contribution < -0.4 is 0 Å². The van der Waals surface area contributed by atoms with Gasteiger partial charge in [0.15, 0.2) is 0 Å². The zero-order valence-corrected chi connectivity index (χ0v) is 11.5. The molecular weight excluding hydrogens is 246 g/mol. The summed E-state index contributed by atoms with van der Waals surface area (Å²) in [6.07, 6.45) is 1.90. The quantitative estimate of drug-likeness (QED) is 0.839. The summed E-state index contributed by atoms with van der Waals surface area (Å²) in [5.74, 6) is 0. The number of aliphatic hydroxyl groups excluding tert-OH is 1. The van der Waals surface area contributed by atoms with Crippen LogP contribution in [-0.2, 0) is 0 Å². The fraction of sp³-hybridized carbons (Fsp3) is 0.222. The van der Waals surface area contributed by atoms with Gasteiger partial charge in [-0.2, -0.15) is 0 Å². The third-order valence-electron chi connectivity index (χ3n) is 3.92. The van der Waals surface area contributed by atoms with Crippen LogP contribution in [0.4, 0.5) is 0 Å². The van der Waals surface area contributed by atoms with Crippen molar-refractivity contribution in [1.29, 1.82) is 0 Å². The SMILES string of the molecule is C=CCN(CCO)C1c2ccccc2-c2ccccc21. The van der Waals surface area contributed by atoms with E-state index in [2.05, 4.69) is 60.0 Å². The molecule has 1 aliphatic rings. The number of aliphatic hydroxyl groups is 1. The number of benzene rings is 2. The average Bonchev–Trinajstić information content (AvgIpc) is 2.82. The lowest BCUT2D eigenvalue weighted by Crippen LogP contribution is -2.31. The molecule has 0 amide bonds. The highest BCUT2D eigenvalue weighted by molar-refractivity contribution is 5.78. The summed E-state index contributed by atoms with van der Waals surface area (Å²) in [7, 11) is 0. The molecule has 0 saturated heterocycles. The van der Waals surface area contributed by atoms with Crippen LogP contribution in [0.15, 0.2) is 61.2 Å². The molecule has 2 aromatic carbocycles. The summed E-state index contributed by atoms with van der Waals surface area (Å²) >= 11 is 0. The Hall–Kier alpha value is -1.90. The molecule has 0 spiro atoms. The standard InChI is InChI=1S/C18H19NO/c1-2-11-19(12-13-20)18-16-9-5-3-7-14(16)15-8-4-6-10-17(15)18/h2-10,18,20H,1,11-13H2.